The number of unbranched alkanes of at least 4 members (excludes halogenated alkanes) is 3. The van der Waals surface area contributed by atoms with Crippen molar-refractivity contribution in [2.75, 3.05) is 13.7 Å². The van der Waals surface area contributed by atoms with Crippen LogP contribution in [0.2, 0.25) is 0 Å². The average molecular weight is 368 g/mol. The first-order valence-electron chi connectivity index (χ1n) is 9.20. The lowest BCUT2D eigenvalue weighted by molar-refractivity contribution is 0.101. The van der Waals surface area contributed by atoms with Crippen LogP contribution in [0.1, 0.15) is 48.5 Å². The predicted molar refractivity (Wildman–Crippen MR) is 104 cm³/mol. The summed E-state index contributed by atoms with van der Waals surface area (Å²) in [7, 11) is 1.59. The number of carbonyl (C=O) groups is 1. The Bertz CT molecular complexity index is 854. The minimum atomic E-state index is -0.208. The van der Waals surface area contributed by atoms with Gasteiger partial charge < -0.3 is 19.3 Å². The number of carbonyl (C=O) groups excluding carboxylic acids is 1. The number of aromatic hydroxyl groups is 1. The summed E-state index contributed by atoms with van der Waals surface area (Å²) in [5, 5.41) is 9.53. The van der Waals surface area contributed by atoms with Crippen molar-refractivity contribution in [1.29, 1.82) is 0 Å². The standard InChI is InChI=1S/C22H24O5/c1-3-4-5-6-11-26-18-10-7-15(12-20(18)25-2)13-21-22(24)17-9-8-16(23)14-19(17)27-21/h7-10,12-14,23H,3-6,11H2,1-2H3/b21-13+. The first-order valence-corrected chi connectivity index (χ1v) is 9.20. The highest BCUT2D eigenvalue weighted by atomic mass is 16.5. The highest BCUT2D eigenvalue weighted by Crippen LogP contribution is 2.35. The molecule has 1 heterocycles. The second-order valence-electron chi connectivity index (χ2n) is 6.44. The fourth-order valence-electron chi connectivity index (χ4n) is 2.93. The number of ether oxygens (including phenoxy) is 3. The van der Waals surface area contributed by atoms with Crippen LogP contribution in [-0.4, -0.2) is 24.6 Å². The minimum Gasteiger partial charge on any atom is -0.508 e. The third-order valence-electron chi connectivity index (χ3n) is 4.39. The molecule has 2 aromatic rings. The largest absolute Gasteiger partial charge is 0.508 e. The number of phenols is 1. The third kappa shape index (κ3) is 4.42. The van der Waals surface area contributed by atoms with Crippen molar-refractivity contribution in [1.82, 2.24) is 0 Å². The molecule has 2 aromatic carbocycles. The third-order valence-corrected chi connectivity index (χ3v) is 4.39. The summed E-state index contributed by atoms with van der Waals surface area (Å²) < 4.78 is 16.8. The molecule has 0 bridgehead atoms. The van der Waals surface area contributed by atoms with Gasteiger partial charge in [-0.15, -0.1) is 0 Å². The van der Waals surface area contributed by atoms with Gasteiger partial charge in [-0.25, -0.2) is 0 Å². The lowest BCUT2D eigenvalue weighted by Crippen LogP contribution is -2.00. The van der Waals surface area contributed by atoms with E-state index in [-0.39, 0.29) is 17.3 Å². The Hall–Kier alpha value is -2.95. The summed E-state index contributed by atoms with van der Waals surface area (Å²) in [4.78, 5) is 12.4. The van der Waals surface area contributed by atoms with Gasteiger partial charge in [-0.05, 0) is 42.3 Å². The molecule has 0 amide bonds. The van der Waals surface area contributed by atoms with Crippen LogP contribution in [-0.2, 0) is 0 Å². The minimum absolute atomic E-state index is 0.0601. The van der Waals surface area contributed by atoms with Crippen molar-refractivity contribution < 1.29 is 24.1 Å². The van der Waals surface area contributed by atoms with Crippen molar-refractivity contribution in [2.45, 2.75) is 32.6 Å². The molecule has 5 heteroatoms. The maximum absolute atomic E-state index is 12.4. The molecule has 1 aliphatic heterocycles. The smallest absolute Gasteiger partial charge is 0.231 e. The Labute approximate surface area is 159 Å². The molecule has 0 saturated heterocycles. The molecular weight excluding hydrogens is 344 g/mol. The highest BCUT2D eigenvalue weighted by Gasteiger charge is 2.27. The monoisotopic (exact) mass is 368 g/mol. The van der Waals surface area contributed by atoms with Crippen molar-refractivity contribution >= 4 is 11.9 Å². The summed E-state index contributed by atoms with van der Waals surface area (Å²) in [6.45, 7) is 2.83. The number of benzene rings is 2. The molecule has 27 heavy (non-hydrogen) atoms. The molecule has 0 atom stereocenters. The number of methoxy groups -OCH3 is 1. The van der Waals surface area contributed by atoms with E-state index in [0.29, 0.717) is 29.4 Å². The molecule has 0 fully saturated rings. The lowest BCUT2D eigenvalue weighted by atomic mass is 10.1. The zero-order chi connectivity index (χ0) is 19.2. The summed E-state index contributed by atoms with van der Waals surface area (Å²) in [5.74, 6) is 1.73. The van der Waals surface area contributed by atoms with Gasteiger partial charge in [0.05, 0.1) is 19.3 Å². The van der Waals surface area contributed by atoms with Crippen molar-refractivity contribution in [2.24, 2.45) is 0 Å². The van der Waals surface area contributed by atoms with Crippen LogP contribution in [0.5, 0.6) is 23.0 Å². The number of fused-ring (bicyclic) bond motifs is 1. The molecule has 0 spiro atoms. The van der Waals surface area contributed by atoms with Gasteiger partial charge in [-0.2, -0.15) is 0 Å². The van der Waals surface area contributed by atoms with E-state index in [1.807, 2.05) is 18.2 Å². The van der Waals surface area contributed by atoms with Crippen molar-refractivity contribution in [3.05, 3.63) is 53.3 Å². The topological polar surface area (TPSA) is 65.0 Å². The van der Waals surface area contributed by atoms with Crippen molar-refractivity contribution in [3.8, 4) is 23.0 Å². The Kier molecular flexibility index (Phi) is 6.01. The van der Waals surface area contributed by atoms with Gasteiger partial charge in [0.15, 0.2) is 17.3 Å². The van der Waals surface area contributed by atoms with E-state index in [1.165, 1.54) is 25.0 Å². The van der Waals surface area contributed by atoms with Crippen LogP contribution in [0.4, 0.5) is 0 Å². The van der Waals surface area contributed by atoms with E-state index < -0.39 is 0 Å². The summed E-state index contributed by atoms with van der Waals surface area (Å²) in [6, 6.07) is 9.97. The maximum Gasteiger partial charge on any atom is 0.231 e. The highest BCUT2D eigenvalue weighted by molar-refractivity contribution is 6.14. The van der Waals surface area contributed by atoms with Gasteiger partial charge in [0.2, 0.25) is 5.78 Å². The van der Waals surface area contributed by atoms with E-state index in [2.05, 4.69) is 6.92 Å². The first kappa shape index (κ1) is 18.8. The number of phenolic OH excluding ortho intramolecular Hbond substituents is 1. The Morgan fingerprint density at radius 3 is 2.70 bits per heavy atom. The number of allylic oxidation sites excluding steroid dienone is 1. The van der Waals surface area contributed by atoms with Crippen LogP contribution in [0, 0.1) is 0 Å². The Balaban J connectivity index is 1.72. The van der Waals surface area contributed by atoms with Crippen molar-refractivity contribution in [3.63, 3.8) is 0 Å². The predicted octanol–water partition coefficient (Wildman–Crippen LogP) is 4.98. The molecule has 0 unspecified atom stereocenters. The van der Waals surface area contributed by atoms with Crippen LogP contribution < -0.4 is 14.2 Å². The molecule has 5 nitrogen and oxygen atoms in total. The zero-order valence-electron chi connectivity index (χ0n) is 15.7. The van der Waals surface area contributed by atoms with Gasteiger partial charge in [-0.1, -0.05) is 32.3 Å². The van der Waals surface area contributed by atoms with Gasteiger partial charge in [0.1, 0.15) is 11.5 Å². The molecule has 0 aromatic heterocycles. The molecule has 0 aliphatic carbocycles. The number of hydrogen-bond acceptors (Lipinski definition) is 5. The van der Waals surface area contributed by atoms with E-state index in [0.717, 1.165) is 18.4 Å². The van der Waals surface area contributed by atoms with Gasteiger partial charge in [0.25, 0.3) is 0 Å². The van der Waals surface area contributed by atoms with Crippen LogP contribution in [0.15, 0.2) is 42.2 Å². The van der Waals surface area contributed by atoms with Gasteiger partial charge in [0, 0.05) is 6.07 Å². The van der Waals surface area contributed by atoms with Gasteiger partial charge in [-0.3, -0.25) is 4.79 Å². The molecule has 3 rings (SSSR count). The number of Topliss-reactive ketones (excluding diaryl/α,β-unsaturated/α-hetero) is 1. The average Bonchev–Trinajstić information content (AvgIpc) is 2.97. The number of ketones is 1. The SMILES string of the molecule is CCCCCCOc1ccc(/C=C2/Oc3cc(O)ccc3C2=O)cc1OC. The molecule has 142 valence electrons. The van der Waals surface area contributed by atoms with Gasteiger partial charge >= 0.3 is 0 Å². The lowest BCUT2D eigenvalue weighted by Gasteiger charge is -2.11. The van der Waals surface area contributed by atoms with Crippen LogP contribution in [0.25, 0.3) is 6.08 Å². The summed E-state index contributed by atoms with van der Waals surface area (Å²) in [5.41, 5.74) is 1.21. The Morgan fingerprint density at radius 2 is 1.93 bits per heavy atom. The quantitative estimate of drug-likeness (QED) is 0.526. The van der Waals surface area contributed by atoms with E-state index in [9.17, 15) is 9.90 Å². The molecule has 0 saturated carbocycles. The second-order valence-corrected chi connectivity index (χ2v) is 6.44. The Morgan fingerprint density at radius 1 is 1.07 bits per heavy atom. The molecule has 0 radical (unpaired) electrons. The normalized spacial score (nSPS) is 14.1. The fourth-order valence-corrected chi connectivity index (χ4v) is 2.93. The van der Waals surface area contributed by atoms with E-state index in [4.69, 9.17) is 14.2 Å². The van der Waals surface area contributed by atoms with Crippen LogP contribution in [0.3, 0.4) is 0 Å². The molecule has 1 aliphatic rings. The molecular formula is C22H24O5. The van der Waals surface area contributed by atoms with Crippen LogP contribution >= 0.6 is 0 Å². The van der Waals surface area contributed by atoms with E-state index >= 15 is 0 Å². The first-order chi connectivity index (χ1) is 13.1. The maximum atomic E-state index is 12.4. The second kappa shape index (κ2) is 8.62. The fraction of sp³-hybridized carbons (Fsp3) is 0.318. The summed E-state index contributed by atoms with van der Waals surface area (Å²) >= 11 is 0. The number of rotatable bonds is 8. The summed E-state index contributed by atoms with van der Waals surface area (Å²) in [6.07, 6.45) is 6.22. The van der Waals surface area contributed by atoms with E-state index in [1.54, 1.807) is 19.3 Å². The zero-order valence-corrected chi connectivity index (χ0v) is 15.7. The number of hydrogen-bond donors (Lipinski definition) is 1. The molecule has 1 N–H and O–H groups in total.